The van der Waals surface area contributed by atoms with Crippen molar-refractivity contribution in [2.45, 2.75) is 64.3 Å². The van der Waals surface area contributed by atoms with Gasteiger partial charge in [-0.3, -0.25) is 9.59 Å². The molecule has 2 heterocycles. The molecule has 19 heavy (non-hydrogen) atoms. The minimum Gasteiger partial charge on any atom is -0.341 e. The van der Waals surface area contributed by atoms with E-state index in [9.17, 15) is 9.59 Å². The van der Waals surface area contributed by atoms with E-state index in [4.69, 9.17) is 0 Å². The summed E-state index contributed by atoms with van der Waals surface area (Å²) in [6.45, 7) is 4.54. The van der Waals surface area contributed by atoms with Crippen LogP contribution in [0.2, 0.25) is 0 Å². The molecule has 4 nitrogen and oxygen atoms in total. The van der Waals surface area contributed by atoms with Gasteiger partial charge in [0.1, 0.15) is 6.04 Å². The molecule has 1 unspecified atom stereocenters. The molecule has 2 aliphatic heterocycles. The van der Waals surface area contributed by atoms with Gasteiger partial charge in [0, 0.05) is 26.1 Å². The Balaban J connectivity index is 1.98. The standard InChI is InChI=1S/C15H26N2O2/c1-2-8-14(18)17-12-7-9-13(17)15(19)16-10-5-3-4-6-11-16/h13H,2-12H2,1H3. The molecule has 0 spiro atoms. The second-order valence-corrected chi connectivity index (χ2v) is 5.73. The Kier molecular flexibility index (Phi) is 5.23. The summed E-state index contributed by atoms with van der Waals surface area (Å²) >= 11 is 0. The van der Waals surface area contributed by atoms with E-state index >= 15 is 0 Å². The molecule has 1 atom stereocenters. The zero-order valence-corrected chi connectivity index (χ0v) is 12.1. The first-order valence-electron chi connectivity index (χ1n) is 7.82. The molecule has 2 rings (SSSR count). The summed E-state index contributed by atoms with van der Waals surface area (Å²) in [5.41, 5.74) is 0. The Hall–Kier alpha value is -1.06. The Morgan fingerprint density at radius 1 is 1.00 bits per heavy atom. The third-order valence-corrected chi connectivity index (χ3v) is 4.24. The van der Waals surface area contributed by atoms with E-state index in [1.165, 1.54) is 12.8 Å². The summed E-state index contributed by atoms with van der Waals surface area (Å²) in [4.78, 5) is 28.5. The van der Waals surface area contributed by atoms with Crippen LogP contribution in [-0.2, 0) is 9.59 Å². The van der Waals surface area contributed by atoms with Gasteiger partial charge in [-0.2, -0.15) is 0 Å². The van der Waals surface area contributed by atoms with Crippen molar-refractivity contribution in [3.05, 3.63) is 0 Å². The van der Waals surface area contributed by atoms with Gasteiger partial charge in [-0.15, -0.1) is 0 Å². The highest BCUT2D eigenvalue weighted by Gasteiger charge is 2.35. The predicted octanol–water partition coefficient (Wildman–Crippen LogP) is 2.18. The molecular weight excluding hydrogens is 240 g/mol. The van der Waals surface area contributed by atoms with Crippen molar-refractivity contribution in [3.63, 3.8) is 0 Å². The lowest BCUT2D eigenvalue weighted by atomic mass is 10.1. The number of hydrogen-bond acceptors (Lipinski definition) is 2. The van der Waals surface area contributed by atoms with Crippen LogP contribution in [0.3, 0.4) is 0 Å². The first-order valence-corrected chi connectivity index (χ1v) is 7.82. The van der Waals surface area contributed by atoms with E-state index in [0.29, 0.717) is 6.42 Å². The fraction of sp³-hybridized carbons (Fsp3) is 0.867. The monoisotopic (exact) mass is 266 g/mol. The van der Waals surface area contributed by atoms with Gasteiger partial charge in [0.2, 0.25) is 11.8 Å². The number of rotatable bonds is 3. The van der Waals surface area contributed by atoms with Crippen LogP contribution in [0, 0.1) is 0 Å². The highest BCUT2D eigenvalue weighted by molar-refractivity contribution is 5.88. The molecular formula is C15H26N2O2. The summed E-state index contributed by atoms with van der Waals surface area (Å²) in [7, 11) is 0. The van der Waals surface area contributed by atoms with Gasteiger partial charge < -0.3 is 9.80 Å². The minimum absolute atomic E-state index is 0.160. The predicted molar refractivity (Wildman–Crippen MR) is 74.7 cm³/mol. The van der Waals surface area contributed by atoms with Crippen molar-refractivity contribution < 1.29 is 9.59 Å². The molecule has 0 bridgehead atoms. The van der Waals surface area contributed by atoms with E-state index in [1.807, 2.05) is 16.7 Å². The first-order chi connectivity index (χ1) is 9.24. The van der Waals surface area contributed by atoms with Gasteiger partial charge in [-0.1, -0.05) is 19.8 Å². The van der Waals surface area contributed by atoms with Gasteiger partial charge in [-0.25, -0.2) is 0 Å². The summed E-state index contributed by atoms with van der Waals surface area (Å²) in [5, 5.41) is 0. The van der Waals surface area contributed by atoms with E-state index < -0.39 is 0 Å². The second kappa shape index (κ2) is 6.92. The maximum atomic E-state index is 12.6. The average Bonchev–Trinajstić information content (AvgIpc) is 2.73. The molecule has 108 valence electrons. The zero-order valence-electron chi connectivity index (χ0n) is 12.1. The molecule has 2 saturated heterocycles. The molecule has 2 aliphatic rings. The Morgan fingerprint density at radius 2 is 1.68 bits per heavy atom. The van der Waals surface area contributed by atoms with Crippen LogP contribution in [0.5, 0.6) is 0 Å². The number of carbonyl (C=O) groups is 2. The van der Waals surface area contributed by atoms with Gasteiger partial charge >= 0.3 is 0 Å². The summed E-state index contributed by atoms with van der Waals surface area (Å²) in [6.07, 6.45) is 7.94. The first kappa shape index (κ1) is 14.4. The van der Waals surface area contributed by atoms with Gasteiger partial charge in [0.15, 0.2) is 0 Å². The summed E-state index contributed by atoms with van der Waals surface area (Å²) < 4.78 is 0. The SMILES string of the molecule is CCCC(=O)N1CCCC1C(=O)N1CCCCCC1. The maximum absolute atomic E-state index is 12.6. The number of likely N-dealkylation sites (tertiary alicyclic amines) is 2. The topological polar surface area (TPSA) is 40.6 Å². The van der Waals surface area contributed by atoms with Crippen LogP contribution in [0.25, 0.3) is 0 Å². The molecule has 0 aromatic rings. The quantitative estimate of drug-likeness (QED) is 0.785. The highest BCUT2D eigenvalue weighted by atomic mass is 16.2. The summed E-state index contributed by atoms with van der Waals surface area (Å²) in [5.74, 6) is 0.358. The Labute approximate surface area is 116 Å². The van der Waals surface area contributed by atoms with E-state index in [-0.39, 0.29) is 17.9 Å². The summed E-state index contributed by atoms with van der Waals surface area (Å²) in [6, 6.07) is -0.169. The van der Waals surface area contributed by atoms with Crippen molar-refractivity contribution in [1.29, 1.82) is 0 Å². The Bertz CT molecular complexity index is 322. The third-order valence-electron chi connectivity index (χ3n) is 4.24. The third kappa shape index (κ3) is 3.48. The molecule has 0 aliphatic carbocycles. The lowest BCUT2D eigenvalue weighted by Gasteiger charge is -2.29. The Morgan fingerprint density at radius 3 is 2.32 bits per heavy atom. The van der Waals surface area contributed by atoms with Crippen LogP contribution < -0.4 is 0 Å². The largest absolute Gasteiger partial charge is 0.341 e. The molecule has 0 radical (unpaired) electrons. The fourth-order valence-corrected chi connectivity index (χ4v) is 3.18. The van der Waals surface area contributed by atoms with Crippen molar-refractivity contribution in [2.75, 3.05) is 19.6 Å². The van der Waals surface area contributed by atoms with Gasteiger partial charge in [0.25, 0.3) is 0 Å². The smallest absolute Gasteiger partial charge is 0.245 e. The number of hydrogen-bond donors (Lipinski definition) is 0. The minimum atomic E-state index is -0.169. The van der Waals surface area contributed by atoms with Crippen molar-refractivity contribution in [2.24, 2.45) is 0 Å². The normalized spacial score (nSPS) is 24.4. The van der Waals surface area contributed by atoms with E-state index in [0.717, 1.165) is 51.7 Å². The van der Waals surface area contributed by atoms with Crippen molar-refractivity contribution in [1.82, 2.24) is 9.80 Å². The lowest BCUT2D eigenvalue weighted by molar-refractivity contribution is -0.143. The van der Waals surface area contributed by atoms with Crippen LogP contribution in [-0.4, -0.2) is 47.3 Å². The fourth-order valence-electron chi connectivity index (χ4n) is 3.18. The number of carbonyl (C=O) groups excluding carboxylic acids is 2. The number of amides is 2. The molecule has 2 fully saturated rings. The molecule has 2 amide bonds. The lowest BCUT2D eigenvalue weighted by Crippen LogP contribution is -2.48. The van der Waals surface area contributed by atoms with Crippen LogP contribution in [0.1, 0.15) is 58.3 Å². The maximum Gasteiger partial charge on any atom is 0.245 e. The van der Waals surface area contributed by atoms with Crippen LogP contribution >= 0.6 is 0 Å². The number of nitrogens with zero attached hydrogens (tertiary/aromatic N) is 2. The van der Waals surface area contributed by atoms with Crippen molar-refractivity contribution in [3.8, 4) is 0 Å². The molecule has 0 aromatic carbocycles. The van der Waals surface area contributed by atoms with E-state index in [1.54, 1.807) is 0 Å². The molecule has 4 heteroatoms. The molecule has 0 N–H and O–H groups in total. The van der Waals surface area contributed by atoms with Crippen LogP contribution in [0.4, 0.5) is 0 Å². The van der Waals surface area contributed by atoms with E-state index in [2.05, 4.69) is 0 Å². The molecule has 0 saturated carbocycles. The van der Waals surface area contributed by atoms with Crippen molar-refractivity contribution >= 4 is 11.8 Å². The average molecular weight is 266 g/mol. The zero-order chi connectivity index (χ0) is 13.7. The second-order valence-electron chi connectivity index (χ2n) is 5.73. The highest BCUT2D eigenvalue weighted by Crippen LogP contribution is 2.22. The molecule has 0 aromatic heterocycles. The van der Waals surface area contributed by atoms with Gasteiger partial charge in [-0.05, 0) is 32.1 Å². The van der Waals surface area contributed by atoms with Gasteiger partial charge in [0.05, 0.1) is 0 Å². The van der Waals surface area contributed by atoms with Crippen LogP contribution in [0.15, 0.2) is 0 Å².